The van der Waals surface area contributed by atoms with Crippen molar-refractivity contribution in [2.75, 3.05) is 7.11 Å². The molecule has 112 valence electrons. The van der Waals surface area contributed by atoms with Crippen LogP contribution in [0.2, 0.25) is 0 Å². The van der Waals surface area contributed by atoms with E-state index in [1.807, 2.05) is 6.92 Å². The lowest BCUT2D eigenvalue weighted by atomic mass is 10.1. The van der Waals surface area contributed by atoms with Gasteiger partial charge in [0.1, 0.15) is 5.75 Å². The number of halogens is 3. The summed E-state index contributed by atoms with van der Waals surface area (Å²) in [5, 5.41) is 0. The molecular formula is C14H17F3O3. The lowest BCUT2D eigenvalue weighted by Crippen LogP contribution is -2.29. The van der Waals surface area contributed by atoms with E-state index in [1.165, 1.54) is 25.3 Å². The highest BCUT2D eigenvalue weighted by Gasteiger charge is 2.35. The summed E-state index contributed by atoms with van der Waals surface area (Å²) in [5.74, 6) is -1.03. The maximum Gasteiger partial charge on any atom is 0.419 e. The number of ether oxygens (including phenoxy) is 2. The minimum atomic E-state index is -4.53. The Bertz CT molecular complexity index is 444. The third-order valence-electron chi connectivity index (χ3n) is 2.75. The first-order chi connectivity index (χ1) is 9.40. The average molecular weight is 290 g/mol. The van der Waals surface area contributed by atoms with Crippen LogP contribution >= 0.6 is 0 Å². The van der Waals surface area contributed by atoms with Crippen molar-refractivity contribution in [3.8, 4) is 5.75 Å². The summed E-state index contributed by atoms with van der Waals surface area (Å²) in [6.45, 7) is 1.91. The zero-order valence-corrected chi connectivity index (χ0v) is 11.4. The normalized spacial score (nSPS) is 12.8. The van der Waals surface area contributed by atoms with Gasteiger partial charge in [-0.3, -0.25) is 0 Å². The lowest BCUT2D eigenvalue weighted by molar-refractivity contribution is -0.151. The van der Waals surface area contributed by atoms with Crippen LogP contribution in [0.5, 0.6) is 5.75 Å². The molecule has 0 bridgehead atoms. The first kappa shape index (κ1) is 16.3. The number of carbonyl (C=O) groups is 1. The second-order valence-corrected chi connectivity index (χ2v) is 4.27. The molecule has 0 amide bonds. The van der Waals surface area contributed by atoms with E-state index in [0.29, 0.717) is 12.8 Å². The summed E-state index contributed by atoms with van der Waals surface area (Å²) in [7, 11) is 1.18. The van der Waals surface area contributed by atoms with Crippen molar-refractivity contribution < 1.29 is 27.4 Å². The molecule has 0 aliphatic carbocycles. The quantitative estimate of drug-likeness (QED) is 0.747. The molecule has 6 heteroatoms. The summed E-state index contributed by atoms with van der Waals surface area (Å²) in [4.78, 5) is 11.6. The fourth-order valence-corrected chi connectivity index (χ4v) is 1.70. The van der Waals surface area contributed by atoms with Crippen LogP contribution in [0.1, 0.15) is 31.7 Å². The highest BCUT2D eigenvalue weighted by Crippen LogP contribution is 2.36. The molecule has 3 nitrogen and oxygen atoms in total. The van der Waals surface area contributed by atoms with E-state index >= 15 is 0 Å². The SMILES string of the molecule is CCCCC(Oc1ccccc1C(F)(F)F)C(=O)OC. The Morgan fingerprint density at radius 3 is 2.50 bits per heavy atom. The van der Waals surface area contributed by atoms with E-state index in [1.54, 1.807) is 0 Å². The van der Waals surface area contributed by atoms with Crippen molar-refractivity contribution in [1.82, 2.24) is 0 Å². The molecule has 0 aliphatic heterocycles. The van der Waals surface area contributed by atoms with Crippen LogP contribution in [0.25, 0.3) is 0 Å². The molecule has 0 radical (unpaired) electrons. The predicted molar refractivity (Wildman–Crippen MR) is 67.4 cm³/mol. The number of alkyl halides is 3. The lowest BCUT2D eigenvalue weighted by Gasteiger charge is -2.19. The minimum Gasteiger partial charge on any atom is -0.478 e. The number of hydrogen-bond donors (Lipinski definition) is 0. The molecule has 1 unspecified atom stereocenters. The fourth-order valence-electron chi connectivity index (χ4n) is 1.70. The first-order valence-electron chi connectivity index (χ1n) is 6.30. The fraction of sp³-hybridized carbons (Fsp3) is 0.500. The van der Waals surface area contributed by atoms with E-state index in [2.05, 4.69) is 4.74 Å². The zero-order chi connectivity index (χ0) is 15.2. The van der Waals surface area contributed by atoms with Crippen molar-refractivity contribution in [2.45, 2.75) is 38.5 Å². The van der Waals surface area contributed by atoms with Crippen LogP contribution in [0.4, 0.5) is 13.2 Å². The monoisotopic (exact) mass is 290 g/mol. The second kappa shape index (κ2) is 7.17. The van der Waals surface area contributed by atoms with Crippen molar-refractivity contribution in [3.05, 3.63) is 29.8 Å². The van der Waals surface area contributed by atoms with Gasteiger partial charge in [0, 0.05) is 0 Å². The van der Waals surface area contributed by atoms with Gasteiger partial charge in [0.15, 0.2) is 6.10 Å². The molecule has 1 aromatic rings. The van der Waals surface area contributed by atoms with Gasteiger partial charge in [0.05, 0.1) is 12.7 Å². The van der Waals surface area contributed by atoms with Crippen molar-refractivity contribution in [3.63, 3.8) is 0 Å². The van der Waals surface area contributed by atoms with E-state index in [9.17, 15) is 18.0 Å². The molecule has 0 aromatic heterocycles. The van der Waals surface area contributed by atoms with E-state index in [0.717, 1.165) is 12.5 Å². The van der Waals surface area contributed by atoms with Crippen LogP contribution in [0.3, 0.4) is 0 Å². The largest absolute Gasteiger partial charge is 0.478 e. The number of esters is 1. The summed E-state index contributed by atoms with van der Waals surface area (Å²) < 4.78 is 48.3. The maximum absolute atomic E-state index is 12.8. The van der Waals surface area contributed by atoms with Crippen LogP contribution < -0.4 is 4.74 Å². The number of para-hydroxylation sites is 1. The van der Waals surface area contributed by atoms with E-state index in [-0.39, 0.29) is 5.75 Å². The topological polar surface area (TPSA) is 35.5 Å². The Kier molecular flexibility index (Phi) is 5.85. The number of unbranched alkanes of at least 4 members (excludes halogenated alkanes) is 1. The molecule has 0 fully saturated rings. The Hall–Kier alpha value is -1.72. The maximum atomic E-state index is 12.8. The van der Waals surface area contributed by atoms with Gasteiger partial charge in [0.25, 0.3) is 0 Å². The van der Waals surface area contributed by atoms with Crippen molar-refractivity contribution in [2.24, 2.45) is 0 Å². The zero-order valence-electron chi connectivity index (χ0n) is 11.4. The van der Waals surface area contributed by atoms with Crippen LogP contribution in [-0.4, -0.2) is 19.2 Å². The number of hydrogen-bond acceptors (Lipinski definition) is 3. The average Bonchev–Trinajstić information content (AvgIpc) is 2.42. The second-order valence-electron chi connectivity index (χ2n) is 4.27. The predicted octanol–water partition coefficient (Wildman–Crippen LogP) is 3.82. The van der Waals surface area contributed by atoms with Crippen LogP contribution in [-0.2, 0) is 15.7 Å². The van der Waals surface area contributed by atoms with Crippen LogP contribution in [0.15, 0.2) is 24.3 Å². The highest BCUT2D eigenvalue weighted by atomic mass is 19.4. The Balaban J connectivity index is 2.96. The van der Waals surface area contributed by atoms with Gasteiger partial charge < -0.3 is 9.47 Å². The third kappa shape index (κ3) is 4.43. The molecule has 0 saturated heterocycles. The number of carbonyl (C=O) groups excluding carboxylic acids is 1. The molecular weight excluding hydrogens is 273 g/mol. The van der Waals surface area contributed by atoms with Crippen molar-refractivity contribution >= 4 is 5.97 Å². The van der Waals surface area contributed by atoms with Gasteiger partial charge in [-0.1, -0.05) is 25.5 Å². The summed E-state index contributed by atoms with van der Waals surface area (Å²) >= 11 is 0. The van der Waals surface area contributed by atoms with Gasteiger partial charge in [-0.05, 0) is 25.0 Å². The number of benzene rings is 1. The number of methoxy groups -OCH3 is 1. The smallest absolute Gasteiger partial charge is 0.419 e. The Labute approximate surface area is 115 Å². The summed E-state index contributed by atoms with van der Waals surface area (Å²) in [5.41, 5.74) is -0.898. The van der Waals surface area contributed by atoms with Crippen LogP contribution in [0, 0.1) is 0 Å². The van der Waals surface area contributed by atoms with Gasteiger partial charge in [0.2, 0.25) is 0 Å². The third-order valence-corrected chi connectivity index (χ3v) is 2.75. The Morgan fingerprint density at radius 2 is 1.95 bits per heavy atom. The van der Waals surface area contributed by atoms with E-state index < -0.39 is 23.8 Å². The molecule has 0 N–H and O–H groups in total. The molecule has 1 aromatic carbocycles. The number of rotatable bonds is 6. The summed E-state index contributed by atoms with van der Waals surface area (Å²) in [6, 6.07) is 4.82. The van der Waals surface area contributed by atoms with Gasteiger partial charge >= 0.3 is 12.1 Å². The molecule has 0 heterocycles. The molecule has 0 saturated carbocycles. The van der Waals surface area contributed by atoms with Gasteiger partial charge in [-0.2, -0.15) is 13.2 Å². The van der Waals surface area contributed by atoms with E-state index in [4.69, 9.17) is 4.74 Å². The van der Waals surface area contributed by atoms with Gasteiger partial charge in [-0.25, -0.2) is 4.79 Å². The van der Waals surface area contributed by atoms with Crippen molar-refractivity contribution in [1.29, 1.82) is 0 Å². The minimum absolute atomic E-state index is 0.315. The molecule has 0 aliphatic rings. The molecule has 1 atom stereocenters. The molecule has 0 spiro atoms. The molecule has 20 heavy (non-hydrogen) atoms. The summed E-state index contributed by atoms with van der Waals surface area (Å²) in [6.07, 6.45) is -3.77. The standard InChI is InChI=1S/C14H17F3O3/c1-3-4-8-12(13(18)19-2)20-11-9-6-5-7-10(11)14(15,16)17/h5-7,9,12H,3-4,8H2,1-2H3. The highest BCUT2D eigenvalue weighted by molar-refractivity contribution is 5.75. The first-order valence-corrected chi connectivity index (χ1v) is 6.30. The molecule has 1 rings (SSSR count). The van der Waals surface area contributed by atoms with Gasteiger partial charge in [-0.15, -0.1) is 0 Å². The Morgan fingerprint density at radius 1 is 1.30 bits per heavy atom.